The Morgan fingerprint density at radius 1 is 1.56 bits per heavy atom. The van der Waals surface area contributed by atoms with Gasteiger partial charge in [0.05, 0.1) is 16.4 Å². The second kappa shape index (κ2) is 5.33. The molecule has 0 radical (unpaired) electrons. The van der Waals surface area contributed by atoms with Crippen molar-refractivity contribution in [3.63, 3.8) is 0 Å². The van der Waals surface area contributed by atoms with E-state index >= 15 is 0 Å². The third-order valence-electron chi connectivity index (χ3n) is 4.25. The third-order valence-corrected chi connectivity index (χ3v) is 4.83. The predicted molar refractivity (Wildman–Crippen MR) is 76.3 cm³/mol. The Labute approximate surface area is 118 Å². The molecule has 2 atom stereocenters. The molecule has 1 aliphatic carbocycles. The lowest BCUT2D eigenvalue weighted by atomic mass is 9.68. The normalized spacial score (nSPS) is 28.9. The molecular weight excluding hydrogens is 292 g/mol. The van der Waals surface area contributed by atoms with Gasteiger partial charge in [-0.25, -0.2) is 0 Å². The molecule has 0 bridgehead atoms. The van der Waals surface area contributed by atoms with Crippen LogP contribution in [0.5, 0.6) is 0 Å². The highest BCUT2D eigenvalue weighted by Gasteiger charge is 2.45. The van der Waals surface area contributed by atoms with E-state index in [1.807, 2.05) is 10.9 Å². The maximum atomic E-state index is 11.3. The molecule has 0 aromatic carbocycles. The van der Waals surface area contributed by atoms with Gasteiger partial charge in [0.1, 0.15) is 5.60 Å². The van der Waals surface area contributed by atoms with Crippen LogP contribution in [0, 0.1) is 11.8 Å². The largest absolute Gasteiger partial charge is 0.383 e. The Kier molecular flexibility index (Phi) is 4.17. The molecule has 0 spiro atoms. The molecule has 2 rings (SSSR count). The quantitative estimate of drug-likeness (QED) is 0.923. The summed E-state index contributed by atoms with van der Waals surface area (Å²) in [6.07, 6.45) is 6.09. The second-order valence-electron chi connectivity index (χ2n) is 5.68. The van der Waals surface area contributed by atoms with Gasteiger partial charge in [-0.05, 0) is 47.5 Å². The molecule has 1 saturated carbocycles. The van der Waals surface area contributed by atoms with Gasteiger partial charge < -0.3 is 5.11 Å². The zero-order valence-corrected chi connectivity index (χ0v) is 13.1. The first-order valence-electron chi connectivity index (χ1n) is 6.94. The minimum atomic E-state index is -0.724. The van der Waals surface area contributed by atoms with Crippen LogP contribution in [0.4, 0.5) is 0 Å². The first-order chi connectivity index (χ1) is 8.50. The summed E-state index contributed by atoms with van der Waals surface area (Å²) in [7, 11) is 0. The van der Waals surface area contributed by atoms with Crippen molar-refractivity contribution in [1.29, 1.82) is 0 Å². The van der Waals surface area contributed by atoms with Crippen molar-refractivity contribution in [3.05, 3.63) is 16.4 Å². The van der Waals surface area contributed by atoms with Crippen LogP contribution < -0.4 is 0 Å². The van der Waals surface area contributed by atoms with Crippen LogP contribution in [-0.2, 0) is 12.1 Å². The molecule has 1 aliphatic rings. The van der Waals surface area contributed by atoms with Gasteiger partial charge in [0.2, 0.25) is 0 Å². The lowest BCUT2D eigenvalue weighted by Gasteiger charge is -2.42. The lowest BCUT2D eigenvalue weighted by molar-refractivity contribution is -0.0790. The fourth-order valence-corrected chi connectivity index (χ4v) is 4.03. The summed E-state index contributed by atoms with van der Waals surface area (Å²) in [6, 6.07) is 0. The number of aromatic nitrogens is 2. The van der Waals surface area contributed by atoms with Crippen molar-refractivity contribution in [2.24, 2.45) is 11.8 Å². The van der Waals surface area contributed by atoms with Gasteiger partial charge >= 0.3 is 0 Å². The Hall–Kier alpha value is -0.350. The highest BCUT2D eigenvalue weighted by Crippen LogP contribution is 2.47. The molecule has 4 heteroatoms. The van der Waals surface area contributed by atoms with E-state index in [1.165, 1.54) is 6.42 Å². The first-order valence-corrected chi connectivity index (χ1v) is 7.74. The summed E-state index contributed by atoms with van der Waals surface area (Å²) >= 11 is 3.56. The lowest BCUT2D eigenvalue weighted by Crippen LogP contribution is -2.42. The van der Waals surface area contributed by atoms with Gasteiger partial charge in [-0.1, -0.05) is 26.7 Å². The Morgan fingerprint density at radius 2 is 2.28 bits per heavy atom. The maximum Gasteiger partial charge on any atom is 0.110 e. The van der Waals surface area contributed by atoms with Gasteiger partial charge in [-0.3, -0.25) is 4.68 Å². The molecule has 1 aromatic heterocycles. The van der Waals surface area contributed by atoms with E-state index in [2.05, 4.69) is 41.8 Å². The minimum Gasteiger partial charge on any atom is -0.383 e. The van der Waals surface area contributed by atoms with Crippen LogP contribution in [0.1, 0.15) is 52.1 Å². The fourth-order valence-electron chi connectivity index (χ4n) is 3.39. The number of hydrogen-bond donors (Lipinski definition) is 1. The van der Waals surface area contributed by atoms with Crippen molar-refractivity contribution < 1.29 is 5.11 Å². The molecule has 0 aliphatic heterocycles. The SMILES string of the molecule is CCn1ncc(Br)c1C1(O)CCCCC1C(C)C. The molecule has 0 saturated heterocycles. The molecule has 102 valence electrons. The molecule has 1 heterocycles. The smallest absolute Gasteiger partial charge is 0.110 e. The Bertz CT molecular complexity index is 416. The maximum absolute atomic E-state index is 11.3. The summed E-state index contributed by atoms with van der Waals surface area (Å²) in [6.45, 7) is 7.29. The van der Waals surface area contributed by atoms with E-state index in [0.29, 0.717) is 11.8 Å². The molecular formula is C14H23BrN2O. The minimum absolute atomic E-state index is 0.324. The van der Waals surface area contributed by atoms with Gasteiger partial charge in [0.25, 0.3) is 0 Å². The van der Waals surface area contributed by atoms with Gasteiger partial charge in [-0.2, -0.15) is 5.10 Å². The summed E-state index contributed by atoms with van der Waals surface area (Å²) in [5.41, 5.74) is 0.251. The summed E-state index contributed by atoms with van der Waals surface area (Å²) in [4.78, 5) is 0. The van der Waals surface area contributed by atoms with Crippen molar-refractivity contribution in [3.8, 4) is 0 Å². The second-order valence-corrected chi connectivity index (χ2v) is 6.53. The Balaban J connectivity index is 2.46. The van der Waals surface area contributed by atoms with Crippen LogP contribution >= 0.6 is 15.9 Å². The third kappa shape index (κ3) is 2.25. The van der Waals surface area contributed by atoms with E-state index < -0.39 is 5.60 Å². The summed E-state index contributed by atoms with van der Waals surface area (Å²) in [5.74, 6) is 0.812. The average Bonchev–Trinajstić information content (AvgIpc) is 2.71. The zero-order chi connectivity index (χ0) is 13.3. The van der Waals surface area contributed by atoms with Crippen molar-refractivity contribution in [2.45, 2.75) is 58.6 Å². The fraction of sp³-hybridized carbons (Fsp3) is 0.786. The summed E-state index contributed by atoms with van der Waals surface area (Å²) in [5, 5.41) is 15.6. The van der Waals surface area contributed by atoms with E-state index in [9.17, 15) is 5.11 Å². The average molecular weight is 315 g/mol. The van der Waals surface area contributed by atoms with Crippen LogP contribution in [0.15, 0.2) is 10.7 Å². The molecule has 2 unspecified atom stereocenters. The number of aryl methyl sites for hydroxylation is 1. The molecule has 1 fully saturated rings. The van der Waals surface area contributed by atoms with E-state index in [0.717, 1.165) is 36.0 Å². The van der Waals surface area contributed by atoms with Crippen molar-refractivity contribution in [2.75, 3.05) is 0 Å². The predicted octanol–water partition coefficient (Wildman–Crippen LogP) is 3.70. The van der Waals surface area contributed by atoms with Crippen molar-refractivity contribution >= 4 is 15.9 Å². The van der Waals surface area contributed by atoms with Crippen LogP contribution in [0.3, 0.4) is 0 Å². The molecule has 18 heavy (non-hydrogen) atoms. The van der Waals surface area contributed by atoms with E-state index in [4.69, 9.17) is 0 Å². The number of halogens is 1. The van der Waals surface area contributed by atoms with Crippen LogP contribution in [0.2, 0.25) is 0 Å². The Morgan fingerprint density at radius 3 is 2.89 bits per heavy atom. The highest BCUT2D eigenvalue weighted by molar-refractivity contribution is 9.10. The molecule has 0 amide bonds. The van der Waals surface area contributed by atoms with E-state index in [-0.39, 0.29) is 0 Å². The van der Waals surface area contributed by atoms with Gasteiger partial charge in [0, 0.05) is 6.54 Å². The number of nitrogens with zero attached hydrogens (tertiary/aromatic N) is 2. The highest BCUT2D eigenvalue weighted by atomic mass is 79.9. The van der Waals surface area contributed by atoms with Gasteiger partial charge in [-0.15, -0.1) is 0 Å². The topological polar surface area (TPSA) is 38.0 Å². The number of hydrogen-bond acceptors (Lipinski definition) is 2. The molecule has 3 nitrogen and oxygen atoms in total. The first kappa shape index (κ1) is 14.1. The van der Waals surface area contributed by atoms with Crippen LogP contribution in [0.25, 0.3) is 0 Å². The molecule has 1 aromatic rings. The van der Waals surface area contributed by atoms with Crippen LogP contribution in [-0.4, -0.2) is 14.9 Å². The summed E-state index contributed by atoms with van der Waals surface area (Å²) < 4.78 is 2.88. The zero-order valence-electron chi connectivity index (χ0n) is 11.5. The number of rotatable bonds is 3. The van der Waals surface area contributed by atoms with Gasteiger partial charge in [0.15, 0.2) is 0 Å². The standard InChI is InChI=1S/C14H23BrN2O/c1-4-17-13(12(15)9-16-17)14(18)8-6-5-7-11(14)10(2)3/h9-11,18H,4-8H2,1-3H3. The number of aliphatic hydroxyl groups is 1. The van der Waals surface area contributed by atoms with Crippen molar-refractivity contribution in [1.82, 2.24) is 9.78 Å². The molecule has 1 N–H and O–H groups in total. The van der Waals surface area contributed by atoms with E-state index in [1.54, 1.807) is 0 Å². The monoisotopic (exact) mass is 314 g/mol.